The number of carbonyl (C=O) groups is 1. The number of rotatable bonds is 4. The largest absolute Gasteiger partial charge is 0.465 e. The molecule has 0 aliphatic heterocycles. The van der Waals surface area contributed by atoms with E-state index >= 15 is 0 Å². The first-order valence-electron chi connectivity index (χ1n) is 3.70. The van der Waals surface area contributed by atoms with Crippen molar-refractivity contribution in [3.8, 4) is 5.19 Å². The first-order chi connectivity index (χ1) is 7.04. The van der Waals surface area contributed by atoms with Crippen molar-refractivity contribution < 1.29 is 23.0 Å². The Morgan fingerprint density at radius 3 is 2.87 bits per heavy atom. The van der Waals surface area contributed by atoms with E-state index in [0.29, 0.717) is 0 Å². The molecule has 0 aromatic carbocycles. The van der Waals surface area contributed by atoms with Crippen molar-refractivity contribution in [1.82, 2.24) is 4.98 Å². The molecule has 8 heteroatoms. The average molecular weight is 258 g/mol. The van der Waals surface area contributed by atoms with Gasteiger partial charge in [0.25, 0.3) is 11.6 Å². The van der Waals surface area contributed by atoms with Gasteiger partial charge in [-0.2, -0.15) is 4.98 Å². The van der Waals surface area contributed by atoms with Gasteiger partial charge in [-0.25, -0.2) is 13.6 Å². The zero-order chi connectivity index (χ0) is 11.4. The first-order valence-corrected chi connectivity index (χ1v) is 4.89. The van der Waals surface area contributed by atoms with Gasteiger partial charge in [0.2, 0.25) is 0 Å². The molecule has 84 valence electrons. The molecular weight excluding hydrogens is 252 g/mol. The molecule has 0 unspecified atom stereocenters. The molecule has 1 aromatic rings. The number of hydrogen-bond donors (Lipinski definition) is 0. The molecule has 0 bridgehead atoms. The molecule has 0 aliphatic carbocycles. The predicted octanol–water partition coefficient (Wildman–Crippen LogP) is 2.23. The standard InChI is InChI=1S/C7H6ClF2NO3S/c1-13-6(12)4-5(8)11-7(15-4)14-2-3(9)10/h3H,2H2,1H3. The third kappa shape index (κ3) is 3.28. The van der Waals surface area contributed by atoms with Crippen molar-refractivity contribution in [2.75, 3.05) is 13.7 Å². The molecule has 1 aromatic heterocycles. The van der Waals surface area contributed by atoms with Gasteiger partial charge in [-0.15, -0.1) is 0 Å². The van der Waals surface area contributed by atoms with Crippen molar-refractivity contribution >= 4 is 28.9 Å². The molecule has 0 spiro atoms. The summed E-state index contributed by atoms with van der Waals surface area (Å²) in [5, 5.41) is -0.197. The molecule has 0 N–H and O–H groups in total. The number of hydrogen-bond acceptors (Lipinski definition) is 5. The van der Waals surface area contributed by atoms with Gasteiger partial charge < -0.3 is 9.47 Å². The summed E-state index contributed by atoms with van der Waals surface area (Å²) in [6.07, 6.45) is -2.60. The van der Waals surface area contributed by atoms with Crippen LogP contribution in [0.25, 0.3) is 0 Å². The number of aromatic nitrogens is 1. The fraction of sp³-hybridized carbons (Fsp3) is 0.429. The normalized spacial score (nSPS) is 10.5. The van der Waals surface area contributed by atoms with Crippen LogP contribution in [0.4, 0.5) is 8.78 Å². The number of esters is 1. The average Bonchev–Trinajstić information content (AvgIpc) is 2.55. The molecule has 15 heavy (non-hydrogen) atoms. The van der Waals surface area contributed by atoms with Crippen LogP contribution < -0.4 is 4.74 Å². The Balaban J connectivity index is 2.72. The summed E-state index contributed by atoms with van der Waals surface area (Å²) < 4.78 is 32.5. The second-order valence-electron chi connectivity index (χ2n) is 2.29. The van der Waals surface area contributed by atoms with E-state index in [1.165, 1.54) is 7.11 Å². The minimum Gasteiger partial charge on any atom is -0.465 e. The Bertz CT molecular complexity index is 358. The Kier molecular flexibility index (Phi) is 4.22. The quantitative estimate of drug-likeness (QED) is 0.776. The number of ether oxygens (including phenoxy) is 2. The summed E-state index contributed by atoms with van der Waals surface area (Å²) in [5.41, 5.74) is 0. The monoisotopic (exact) mass is 257 g/mol. The third-order valence-electron chi connectivity index (χ3n) is 1.27. The van der Waals surface area contributed by atoms with Gasteiger partial charge in [0.15, 0.2) is 16.6 Å². The summed E-state index contributed by atoms with van der Waals surface area (Å²) in [5.74, 6) is -0.676. The zero-order valence-electron chi connectivity index (χ0n) is 7.50. The van der Waals surface area contributed by atoms with Crippen molar-refractivity contribution in [3.05, 3.63) is 10.0 Å². The topological polar surface area (TPSA) is 48.4 Å². The van der Waals surface area contributed by atoms with E-state index in [1.807, 2.05) is 0 Å². The van der Waals surface area contributed by atoms with E-state index in [4.69, 9.17) is 11.6 Å². The van der Waals surface area contributed by atoms with Gasteiger partial charge in [0.1, 0.15) is 0 Å². The minimum absolute atomic E-state index is 0.0310. The van der Waals surface area contributed by atoms with E-state index in [0.717, 1.165) is 11.3 Å². The van der Waals surface area contributed by atoms with Crippen molar-refractivity contribution in [2.24, 2.45) is 0 Å². The smallest absolute Gasteiger partial charge is 0.351 e. The van der Waals surface area contributed by atoms with E-state index in [2.05, 4.69) is 14.5 Å². The number of halogens is 3. The van der Waals surface area contributed by atoms with Crippen LogP contribution in [0.2, 0.25) is 5.15 Å². The molecule has 4 nitrogen and oxygen atoms in total. The van der Waals surface area contributed by atoms with E-state index in [1.54, 1.807) is 0 Å². The van der Waals surface area contributed by atoms with Gasteiger partial charge in [0.05, 0.1) is 7.11 Å². The second kappa shape index (κ2) is 5.22. The maximum Gasteiger partial charge on any atom is 0.351 e. The Hall–Kier alpha value is -0.950. The number of thiazole rings is 1. The fourth-order valence-corrected chi connectivity index (χ4v) is 1.75. The van der Waals surface area contributed by atoms with Crippen LogP contribution in [0.3, 0.4) is 0 Å². The van der Waals surface area contributed by atoms with Gasteiger partial charge in [-0.05, 0) is 0 Å². The summed E-state index contributed by atoms with van der Waals surface area (Å²) in [4.78, 5) is 14.7. The summed E-state index contributed by atoms with van der Waals surface area (Å²) >= 11 is 6.33. The first kappa shape index (κ1) is 12.1. The molecule has 0 amide bonds. The Morgan fingerprint density at radius 1 is 1.67 bits per heavy atom. The lowest BCUT2D eigenvalue weighted by Crippen LogP contribution is -2.06. The second-order valence-corrected chi connectivity index (χ2v) is 3.61. The molecule has 0 radical (unpaired) electrons. The molecule has 0 aliphatic rings. The minimum atomic E-state index is -2.60. The molecule has 0 saturated heterocycles. The maximum atomic E-state index is 11.8. The molecule has 0 saturated carbocycles. The highest BCUT2D eigenvalue weighted by atomic mass is 35.5. The van der Waals surface area contributed by atoms with Crippen LogP contribution in [0.5, 0.6) is 5.19 Å². The third-order valence-corrected chi connectivity index (χ3v) is 2.60. The van der Waals surface area contributed by atoms with Crippen LogP contribution in [0.1, 0.15) is 9.67 Å². The Morgan fingerprint density at radius 2 is 2.33 bits per heavy atom. The number of carbonyl (C=O) groups excluding carboxylic acids is 1. The van der Waals surface area contributed by atoms with Crippen molar-refractivity contribution in [3.63, 3.8) is 0 Å². The van der Waals surface area contributed by atoms with E-state index in [9.17, 15) is 13.6 Å². The van der Waals surface area contributed by atoms with Crippen LogP contribution in [0, 0.1) is 0 Å². The van der Waals surface area contributed by atoms with E-state index in [-0.39, 0.29) is 15.2 Å². The highest BCUT2D eigenvalue weighted by Gasteiger charge is 2.18. The number of alkyl halides is 2. The summed E-state index contributed by atoms with van der Waals surface area (Å²) in [6, 6.07) is 0. The van der Waals surface area contributed by atoms with Crippen molar-refractivity contribution in [2.45, 2.75) is 6.43 Å². The van der Waals surface area contributed by atoms with Gasteiger partial charge >= 0.3 is 5.97 Å². The zero-order valence-corrected chi connectivity index (χ0v) is 9.07. The van der Waals surface area contributed by atoms with Crippen LogP contribution in [0.15, 0.2) is 0 Å². The molecule has 0 fully saturated rings. The SMILES string of the molecule is COC(=O)c1sc(OCC(F)F)nc1Cl. The van der Waals surface area contributed by atoms with Crippen LogP contribution in [-0.4, -0.2) is 31.1 Å². The van der Waals surface area contributed by atoms with E-state index < -0.39 is 19.0 Å². The highest BCUT2D eigenvalue weighted by molar-refractivity contribution is 7.15. The molecule has 1 heterocycles. The molecule has 1 rings (SSSR count). The summed E-state index contributed by atoms with van der Waals surface area (Å²) in [7, 11) is 1.18. The van der Waals surface area contributed by atoms with Gasteiger partial charge in [0, 0.05) is 0 Å². The lowest BCUT2D eigenvalue weighted by Gasteiger charge is -1.98. The predicted molar refractivity (Wildman–Crippen MR) is 50.0 cm³/mol. The lowest BCUT2D eigenvalue weighted by atomic mass is 10.6. The van der Waals surface area contributed by atoms with Crippen molar-refractivity contribution in [1.29, 1.82) is 0 Å². The van der Waals surface area contributed by atoms with Gasteiger partial charge in [-0.3, -0.25) is 0 Å². The van der Waals surface area contributed by atoms with Crippen LogP contribution in [-0.2, 0) is 4.74 Å². The summed E-state index contributed by atoms with van der Waals surface area (Å²) in [6.45, 7) is -0.787. The number of nitrogens with zero attached hydrogens (tertiary/aromatic N) is 1. The fourth-order valence-electron chi connectivity index (χ4n) is 0.698. The Labute approximate surface area is 92.8 Å². The molecule has 0 atom stereocenters. The van der Waals surface area contributed by atoms with Gasteiger partial charge in [-0.1, -0.05) is 22.9 Å². The van der Waals surface area contributed by atoms with Crippen LogP contribution >= 0.6 is 22.9 Å². The molecular formula is C7H6ClF2NO3S. The lowest BCUT2D eigenvalue weighted by molar-refractivity contribution is 0.0606. The number of methoxy groups -OCH3 is 1. The maximum absolute atomic E-state index is 11.8. The highest BCUT2D eigenvalue weighted by Crippen LogP contribution is 2.29.